The van der Waals surface area contributed by atoms with Gasteiger partial charge in [0.05, 0.1) is 12.8 Å². The summed E-state index contributed by atoms with van der Waals surface area (Å²) in [4.78, 5) is 0. The summed E-state index contributed by atoms with van der Waals surface area (Å²) in [5.41, 5.74) is 4.66. The van der Waals surface area contributed by atoms with Gasteiger partial charge >= 0.3 is 0 Å². The van der Waals surface area contributed by atoms with Gasteiger partial charge in [-0.1, -0.05) is 24.3 Å². The molecule has 0 fully saturated rings. The molecule has 0 radical (unpaired) electrons. The highest BCUT2D eigenvalue weighted by molar-refractivity contribution is 7.80. The molecule has 4 nitrogen and oxygen atoms in total. The lowest BCUT2D eigenvalue weighted by atomic mass is 10.2. The number of thiocarbonyl (C=S) groups is 1. The van der Waals surface area contributed by atoms with Crippen LogP contribution in [0.3, 0.4) is 0 Å². The fourth-order valence-electron chi connectivity index (χ4n) is 1.31. The first-order valence-corrected chi connectivity index (χ1v) is 6.57. The van der Waals surface area contributed by atoms with Crippen molar-refractivity contribution in [2.75, 3.05) is 13.7 Å². The first kappa shape index (κ1) is 15.9. The maximum absolute atomic E-state index is 5.11. The standard InChI is InChI=1S/C15H19N3OS/c1-4-11-16-15(20)18-17-12(2)5-6-13-7-9-14(19-3)10-8-13/h4-10H,1,11H2,2-3H3,(H2,16,18,20). The van der Waals surface area contributed by atoms with Crippen molar-refractivity contribution in [3.8, 4) is 5.75 Å². The Labute approximate surface area is 125 Å². The Balaban J connectivity index is 2.50. The van der Waals surface area contributed by atoms with Crippen LogP contribution in [0.4, 0.5) is 0 Å². The summed E-state index contributed by atoms with van der Waals surface area (Å²) in [6.45, 7) is 6.10. The minimum Gasteiger partial charge on any atom is -0.497 e. The summed E-state index contributed by atoms with van der Waals surface area (Å²) in [5, 5.41) is 7.55. The van der Waals surface area contributed by atoms with Crippen molar-refractivity contribution in [1.82, 2.24) is 10.7 Å². The molecular formula is C15H19N3OS. The number of ether oxygens (including phenoxy) is 1. The Hall–Kier alpha value is -2.14. The fourth-order valence-corrected chi connectivity index (χ4v) is 1.44. The van der Waals surface area contributed by atoms with Crippen molar-refractivity contribution in [1.29, 1.82) is 0 Å². The van der Waals surface area contributed by atoms with E-state index in [2.05, 4.69) is 22.4 Å². The number of hydrogen-bond acceptors (Lipinski definition) is 3. The van der Waals surface area contributed by atoms with Crippen molar-refractivity contribution in [3.63, 3.8) is 0 Å². The van der Waals surface area contributed by atoms with Gasteiger partial charge in [0, 0.05) is 6.54 Å². The average molecular weight is 289 g/mol. The monoisotopic (exact) mass is 289 g/mol. The Morgan fingerprint density at radius 3 is 2.70 bits per heavy atom. The number of nitrogens with zero attached hydrogens (tertiary/aromatic N) is 1. The molecule has 1 rings (SSSR count). The molecule has 0 amide bonds. The molecule has 0 heterocycles. The number of hydrogen-bond donors (Lipinski definition) is 2. The van der Waals surface area contributed by atoms with Gasteiger partial charge in [-0.3, -0.25) is 5.43 Å². The first-order chi connectivity index (χ1) is 9.65. The zero-order valence-corrected chi connectivity index (χ0v) is 12.5. The van der Waals surface area contributed by atoms with Crippen LogP contribution in [0.2, 0.25) is 0 Å². The van der Waals surface area contributed by atoms with Crippen molar-refractivity contribution >= 4 is 29.1 Å². The molecule has 0 aliphatic rings. The van der Waals surface area contributed by atoms with Crippen LogP contribution in [0, 0.1) is 0 Å². The molecule has 0 unspecified atom stereocenters. The van der Waals surface area contributed by atoms with Crippen molar-refractivity contribution < 1.29 is 4.74 Å². The second-order valence-corrected chi connectivity index (χ2v) is 4.38. The van der Waals surface area contributed by atoms with Gasteiger partial charge in [0.1, 0.15) is 5.75 Å². The van der Waals surface area contributed by atoms with E-state index in [1.165, 1.54) is 0 Å². The zero-order chi connectivity index (χ0) is 14.8. The molecule has 0 saturated carbocycles. The third-order valence-corrected chi connectivity index (χ3v) is 2.61. The summed E-state index contributed by atoms with van der Waals surface area (Å²) in [6, 6.07) is 7.79. The van der Waals surface area contributed by atoms with E-state index in [9.17, 15) is 0 Å². The number of nitrogens with one attached hydrogen (secondary N) is 2. The van der Waals surface area contributed by atoms with Crippen LogP contribution in [0.5, 0.6) is 5.75 Å². The predicted molar refractivity (Wildman–Crippen MR) is 89.1 cm³/mol. The smallest absolute Gasteiger partial charge is 0.187 e. The van der Waals surface area contributed by atoms with Gasteiger partial charge in [0.15, 0.2) is 5.11 Å². The Bertz CT molecular complexity index is 506. The SMILES string of the molecule is C=CCNC(=S)NN=C(C)C=Cc1ccc(OC)cc1. The predicted octanol–water partition coefficient (Wildman–Crippen LogP) is 2.73. The van der Waals surface area contributed by atoms with E-state index >= 15 is 0 Å². The lowest BCUT2D eigenvalue weighted by molar-refractivity contribution is 0.415. The third kappa shape index (κ3) is 6.15. The molecule has 0 aliphatic heterocycles. The summed E-state index contributed by atoms with van der Waals surface area (Å²) in [5.74, 6) is 0.841. The largest absolute Gasteiger partial charge is 0.497 e. The minimum atomic E-state index is 0.474. The molecule has 0 saturated heterocycles. The molecule has 106 valence electrons. The molecule has 0 aliphatic carbocycles. The maximum Gasteiger partial charge on any atom is 0.187 e. The fraction of sp³-hybridized carbons (Fsp3) is 0.200. The average Bonchev–Trinajstić information content (AvgIpc) is 2.49. The number of hydrazone groups is 1. The Morgan fingerprint density at radius 1 is 1.40 bits per heavy atom. The Morgan fingerprint density at radius 2 is 2.10 bits per heavy atom. The van der Waals surface area contributed by atoms with Gasteiger partial charge < -0.3 is 10.1 Å². The van der Waals surface area contributed by atoms with E-state index < -0.39 is 0 Å². The summed E-state index contributed by atoms with van der Waals surface area (Å²) >= 11 is 5.03. The topological polar surface area (TPSA) is 45.7 Å². The van der Waals surface area contributed by atoms with Gasteiger partial charge in [-0.15, -0.1) is 6.58 Å². The second-order valence-electron chi connectivity index (χ2n) is 3.97. The van der Waals surface area contributed by atoms with Gasteiger partial charge in [-0.05, 0) is 42.9 Å². The molecule has 0 spiro atoms. The van der Waals surface area contributed by atoms with Gasteiger partial charge in [-0.2, -0.15) is 5.10 Å². The van der Waals surface area contributed by atoms with Crippen LogP contribution in [-0.2, 0) is 0 Å². The first-order valence-electron chi connectivity index (χ1n) is 6.17. The van der Waals surface area contributed by atoms with Crippen LogP contribution < -0.4 is 15.5 Å². The van der Waals surface area contributed by atoms with E-state index in [0.29, 0.717) is 11.7 Å². The van der Waals surface area contributed by atoms with E-state index in [1.54, 1.807) is 13.2 Å². The molecule has 20 heavy (non-hydrogen) atoms. The number of allylic oxidation sites excluding steroid dienone is 1. The lowest BCUT2D eigenvalue weighted by Crippen LogP contribution is -2.32. The summed E-state index contributed by atoms with van der Waals surface area (Å²) in [7, 11) is 1.65. The molecular weight excluding hydrogens is 270 g/mol. The lowest BCUT2D eigenvalue weighted by Gasteiger charge is -2.04. The quantitative estimate of drug-likeness (QED) is 0.366. The van der Waals surface area contributed by atoms with E-state index in [4.69, 9.17) is 17.0 Å². The van der Waals surface area contributed by atoms with Crippen LogP contribution in [0.1, 0.15) is 12.5 Å². The van der Waals surface area contributed by atoms with Gasteiger partial charge in [0.25, 0.3) is 0 Å². The molecule has 2 N–H and O–H groups in total. The zero-order valence-electron chi connectivity index (χ0n) is 11.7. The van der Waals surface area contributed by atoms with E-state index in [-0.39, 0.29) is 0 Å². The maximum atomic E-state index is 5.11. The van der Waals surface area contributed by atoms with E-state index in [0.717, 1.165) is 17.0 Å². The van der Waals surface area contributed by atoms with Crippen LogP contribution >= 0.6 is 12.2 Å². The highest BCUT2D eigenvalue weighted by Gasteiger charge is 1.92. The minimum absolute atomic E-state index is 0.474. The number of benzene rings is 1. The van der Waals surface area contributed by atoms with Crippen molar-refractivity contribution in [3.05, 3.63) is 48.6 Å². The summed E-state index contributed by atoms with van der Waals surface area (Å²) < 4.78 is 5.11. The molecule has 5 heteroatoms. The van der Waals surface area contributed by atoms with Crippen molar-refractivity contribution in [2.24, 2.45) is 5.10 Å². The Kier molecular flexibility index (Phi) is 7.06. The van der Waals surface area contributed by atoms with Crippen molar-refractivity contribution in [2.45, 2.75) is 6.92 Å². The van der Waals surface area contributed by atoms with Crippen LogP contribution in [0.15, 0.2) is 48.1 Å². The van der Waals surface area contributed by atoms with Gasteiger partial charge in [-0.25, -0.2) is 0 Å². The molecule has 0 bridgehead atoms. The van der Waals surface area contributed by atoms with Gasteiger partial charge in [0.2, 0.25) is 0 Å². The van der Waals surface area contributed by atoms with Crippen LogP contribution in [-0.4, -0.2) is 24.5 Å². The second kappa shape index (κ2) is 8.87. The molecule has 0 atom stereocenters. The highest BCUT2D eigenvalue weighted by Crippen LogP contribution is 2.12. The molecule has 0 aromatic heterocycles. The summed E-state index contributed by atoms with van der Waals surface area (Å²) in [6.07, 6.45) is 5.61. The molecule has 1 aromatic rings. The number of methoxy groups -OCH3 is 1. The van der Waals surface area contributed by atoms with Crippen LogP contribution in [0.25, 0.3) is 6.08 Å². The number of rotatable bonds is 6. The highest BCUT2D eigenvalue weighted by atomic mass is 32.1. The normalized spacial score (nSPS) is 11.2. The third-order valence-electron chi connectivity index (χ3n) is 2.37. The molecule has 1 aromatic carbocycles. The van der Waals surface area contributed by atoms with E-state index in [1.807, 2.05) is 43.3 Å².